The van der Waals surface area contributed by atoms with E-state index in [9.17, 15) is 4.79 Å². The molecule has 0 bridgehead atoms. The Labute approximate surface area is 223 Å². The molecule has 6 heteroatoms. The molecule has 0 spiro atoms. The van der Waals surface area contributed by atoms with Crippen LogP contribution in [0.2, 0.25) is 0 Å². The van der Waals surface area contributed by atoms with Crippen molar-refractivity contribution in [3.63, 3.8) is 0 Å². The largest absolute Gasteiger partial charge is 0.482 e. The minimum Gasteiger partial charge on any atom is -0.482 e. The minimum absolute atomic E-state index is 0.0603. The Bertz CT molecular complexity index is 1430. The van der Waals surface area contributed by atoms with Gasteiger partial charge in [-0.1, -0.05) is 84.9 Å². The second-order valence-corrected chi connectivity index (χ2v) is 9.93. The molecule has 2 aliphatic rings. The summed E-state index contributed by atoms with van der Waals surface area (Å²) >= 11 is 0. The Balaban J connectivity index is 1.21. The smallest absolute Gasteiger partial charge is 0.316 e. The Morgan fingerprint density at radius 2 is 1.45 bits per heavy atom. The fourth-order valence-electron chi connectivity index (χ4n) is 5.36. The highest BCUT2D eigenvalue weighted by Gasteiger charge is 2.28. The average Bonchev–Trinajstić information content (AvgIpc) is 3.38. The third-order valence-corrected chi connectivity index (χ3v) is 7.40. The van der Waals surface area contributed by atoms with Gasteiger partial charge in [0.05, 0.1) is 11.9 Å². The van der Waals surface area contributed by atoms with Crippen LogP contribution >= 0.6 is 0 Å². The maximum absolute atomic E-state index is 13.8. The van der Waals surface area contributed by atoms with Gasteiger partial charge in [-0.25, -0.2) is 0 Å². The lowest BCUT2D eigenvalue weighted by Gasteiger charge is -2.36. The SMILES string of the molecule is O=c1c(OC2Cc3ccccc3C2)c(N2CCN(C/C=C/c3ccccc3)CC2)cnn1-c1ccccc1. The molecule has 192 valence electrons. The second-order valence-electron chi connectivity index (χ2n) is 9.93. The minimum atomic E-state index is -0.210. The number of hydrogen-bond acceptors (Lipinski definition) is 5. The number of fused-ring (bicyclic) bond motifs is 1. The molecule has 4 aromatic rings. The van der Waals surface area contributed by atoms with E-state index in [2.05, 4.69) is 75.6 Å². The van der Waals surface area contributed by atoms with Crippen molar-refractivity contribution in [2.75, 3.05) is 37.6 Å². The molecule has 0 unspecified atom stereocenters. The summed E-state index contributed by atoms with van der Waals surface area (Å²) in [5.74, 6) is 0.402. The van der Waals surface area contributed by atoms with Gasteiger partial charge in [-0.05, 0) is 28.8 Å². The maximum Gasteiger partial charge on any atom is 0.316 e. The van der Waals surface area contributed by atoms with Crippen molar-refractivity contribution < 1.29 is 4.74 Å². The lowest BCUT2D eigenvalue weighted by atomic mass is 10.1. The molecule has 3 aromatic carbocycles. The highest BCUT2D eigenvalue weighted by molar-refractivity contribution is 5.57. The lowest BCUT2D eigenvalue weighted by Crippen LogP contribution is -2.47. The molecule has 1 aliphatic carbocycles. The van der Waals surface area contributed by atoms with E-state index in [0.717, 1.165) is 56.9 Å². The van der Waals surface area contributed by atoms with Crippen LogP contribution in [-0.2, 0) is 12.8 Å². The van der Waals surface area contributed by atoms with Crippen LogP contribution in [-0.4, -0.2) is 53.5 Å². The highest BCUT2D eigenvalue weighted by atomic mass is 16.5. The number of ether oxygens (including phenoxy) is 1. The van der Waals surface area contributed by atoms with Crippen molar-refractivity contribution in [2.45, 2.75) is 18.9 Å². The van der Waals surface area contributed by atoms with Gasteiger partial charge >= 0.3 is 5.56 Å². The monoisotopic (exact) mass is 504 g/mol. The number of anilines is 1. The molecule has 0 atom stereocenters. The molecule has 0 saturated carbocycles. The molecule has 1 fully saturated rings. The average molecular weight is 505 g/mol. The van der Waals surface area contributed by atoms with E-state index in [1.165, 1.54) is 21.4 Å². The summed E-state index contributed by atoms with van der Waals surface area (Å²) < 4.78 is 7.99. The van der Waals surface area contributed by atoms with Crippen molar-refractivity contribution >= 4 is 11.8 Å². The van der Waals surface area contributed by atoms with E-state index in [-0.39, 0.29) is 11.7 Å². The van der Waals surface area contributed by atoms with Crippen LogP contribution in [0.25, 0.3) is 11.8 Å². The quantitative estimate of drug-likeness (QED) is 0.368. The van der Waals surface area contributed by atoms with Gasteiger partial charge in [0.15, 0.2) is 0 Å². The van der Waals surface area contributed by atoms with Crippen molar-refractivity contribution in [1.82, 2.24) is 14.7 Å². The predicted octanol–water partition coefficient (Wildman–Crippen LogP) is 4.61. The van der Waals surface area contributed by atoms with Gasteiger partial charge < -0.3 is 9.64 Å². The number of nitrogens with zero attached hydrogens (tertiary/aromatic N) is 4. The van der Waals surface area contributed by atoms with Gasteiger partial charge in [0.1, 0.15) is 11.8 Å². The van der Waals surface area contributed by atoms with E-state index in [4.69, 9.17) is 4.74 Å². The van der Waals surface area contributed by atoms with Crippen LogP contribution in [0.3, 0.4) is 0 Å². The van der Waals surface area contributed by atoms with Gasteiger partial charge in [-0.3, -0.25) is 9.69 Å². The molecule has 6 nitrogen and oxygen atoms in total. The first-order chi connectivity index (χ1) is 18.7. The molecule has 2 heterocycles. The summed E-state index contributed by atoms with van der Waals surface area (Å²) in [7, 11) is 0. The van der Waals surface area contributed by atoms with Crippen molar-refractivity contribution in [3.8, 4) is 11.4 Å². The third kappa shape index (κ3) is 5.27. The fraction of sp³-hybridized carbons (Fsp3) is 0.250. The molecular formula is C32H32N4O2. The molecule has 0 radical (unpaired) electrons. The van der Waals surface area contributed by atoms with Gasteiger partial charge in [-0.2, -0.15) is 9.78 Å². The standard InChI is InChI=1S/C32H32N4O2/c37-32-31(38-29-22-26-13-7-8-14-27(26)23-29)30(24-33-36(32)28-15-5-2-6-16-28)35-20-18-34(19-21-35)17-9-12-25-10-3-1-4-11-25/h1-16,24,29H,17-23H2/b12-9+. The molecule has 38 heavy (non-hydrogen) atoms. The molecule has 0 N–H and O–H groups in total. The molecule has 1 aromatic heterocycles. The van der Waals surface area contributed by atoms with Crippen molar-refractivity contribution in [3.05, 3.63) is 124 Å². The Morgan fingerprint density at radius 1 is 0.816 bits per heavy atom. The number of aromatic nitrogens is 2. The summed E-state index contributed by atoms with van der Waals surface area (Å²) in [5.41, 5.74) is 5.13. The molecular weight excluding hydrogens is 472 g/mol. The summed E-state index contributed by atoms with van der Waals surface area (Å²) in [4.78, 5) is 18.4. The van der Waals surface area contributed by atoms with Crippen LogP contribution < -0.4 is 15.2 Å². The first-order valence-electron chi connectivity index (χ1n) is 13.3. The maximum atomic E-state index is 13.8. The van der Waals surface area contributed by atoms with E-state index < -0.39 is 0 Å². The van der Waals surface area contributed by atoms with Crippen molar-refractivity contribution in [2.24, 2.45) is 0 Å². The Hall–Kier alpha value is -4.16. The summed E-state index contributed by atoms with van der Waals surface area (Å²) in [6.07, 6.45) is 7.76. The van der Waals surface area contributed by atoms with Gasteiger partial charge in [0, 0.05) is 45.6 Å². The number of hydrogen-bond donors (Lipinski definition) is 0. The zero-order valence-electron chi connectivity index (χ0n) is 21.4. The van der Waals surface area contributed by atoms with E-state index in [0.29, 0.717) is 5.75 Å². The number of benzene rings is 3. The summed E-state index contributed by atoms with van der Waals surface area (Å²) in [6, 6.07) is 28.4. The third-order valence-electron chi connectivity index (χ3n) is 7.40. The van der Waals surface area contributed by atoms with E-state index in [1.807, 2.05) is 36.4 Å². The zero-order chi connectivity index (χ0) is 25.7. The van der Waals surface area contributed by atoms with E-state index >= 15 is 0 Å². The molecule has 0 amide bonds. The zero-order valence-corrected chi connectivity index (χ0v) is 21.4. The molecule has 1 aliphatic heterocycles. The van der Waals surface area contributed by atoms with Gasteiger partial charge in [0.2, 0.25) is 5.75 Å². The topological polar surface area (TPSA) is 50.6 Å². The summed E-state index contributed by atoms with van der Waals surface area (Å²) in [6.45, 7) is 4.36. The number of piperazine rings is 1. The first-order valence-corrected chi connectivity index (χ1v) is 13.3. The fourth-order valence-corrected chi connectivity index (χ4v) is 5.36. The first kappa shape index (κ1) is 24.2. The van der Waals surface area contributed by atoms with Crippen LogP contribution in [0.5, 0.6) is 5.75 Å². The number of rotatable bonds is 7. The molecule has 1 saturated heterocycles. The number of para-hydroxylation sites is 1. The predicted molar refractivity (Wildman–Crippen MR) is 152 cm³/mol. The Morgan fingerprint density at radius 3 is 2.13 bits per heavy atom. The second kappa shape index (κ2) is 11.1. The highest BCUT2D eigenvalue weighted by Crippen LogP contribution is 2.30. The van der Waals surface area contributed by atoms with Gasteiger partial charge in [-0.15, -0.1) is 0 Å². The van der Waals surface area contributed by atoms with E-state index in [1.54, 1.807) is 6.20 Å². The lowest BCUT2D eigenvalue weighted by molar-refractivity contribution is 0.208. The van der Waals surface area contributed by atoms with Crippen LogP contribution in [0.15, 0.2) is 102 Å². The Kier molecular flexibility index (Phi) is 7.05. The summed E-state index contributed by atoms with van der Waals surface area (Å²) in [5, 5.41) is 4.56. The van der Waals surface area contributed by atoms with Crippen molar-refractivity contribution in [1.29, 1.82) is 0 Å². The normalized spacial score (nSPS) is 16.2. The molecule has 6 rings (SSSR count). The van der Waals surface area contributed by atoms with Crippen LogP contribution in [0.1, 0.15) is 16.7 Å². The van der Waals surface area contributed by atoms with Crippen LogP contribution in [0.4, 0.5) is 5.69 Å². The van der Waals surface area contributed by atoms with Gasteiger partial charge in [0.25, 0.3) is 0 Å². The van der Waals surface area contributed by atoms with Crippen LogP contribution in [0, 0.1) is 0 Å².